The maximum Gasteiger partial charge on any atom is 0.246 e. The molecular weight excluding hydrogens is 250 g/mol. The van der Waals surface area contributed by atoms with Gasteiger partial charge in [0.05, 0.1) is 0 Å². The molecule has 2 fully saturated rings. The fourth-order valence-corrected chi connectivity index (χ4v) is 2.75. The second-order valence-corrected chi connectivity index (χ2v) is 5.42. The quantitative estimate of drug-likeness (QED) is 0.605. The van der Waals surface area contributed by atoms with Crippen LogP contribution in [-0.2, 0) is 4.79 Å². The number of carbonyl (C=O) groups excluding carboxylic acids is 1. The van der Waals surface area contributed by atoms with E-state index in [-0.39, 0.29) is 5.91 Å². The number of carbonyl (C=O) groups is 1. The van der Waals surface area contributed by atoms with Crippen LogP contribution in [-0.4, -0.2) is 41.9 Å². The van der Waals surface area contributed by atoms with Gasteiger partial charge in [-0.3, -0.25) is 4.79 Å². The first-order valence-corrected chi connectivity index (χ1v) is 6.94. The smallest absolute Gasteiger partial charge is 0.246 e. The highest BCUT2D eigenvalue weighted by molar-refractivity contribution is 5.89. The Bertz CT molecular complexity index is 567. The number of nitrogens with zero attached hydrogens (tertiary/aromatic N) is 3. The Morgan fingerprint density at radius 3 is 2.70 bits per heavy atom. The highest BCUT2D eigenvalue weighted by atomic mass is 16.2. The second-order valence-electron chi connectivity index (χ2n) is 5.42. The lowest BCUT2D eigenvalue weighted by Crippen LogP contribution is -2.47. The predicted molar refractivity (Wildman–Crippen MR) is 75.6 cm³/mol. The zero-order chi connectivity index (χ0) is 13.9. The summed E-state index contributed by atoms with van der Waals surface area (Å²) in [4.78, 5) is 15.7. The van der Waals surface area contributed by atoms with Gasteiger partial charge >= 0.3 is 0 Å². The lowest BCUT2D eigenvalue weighted by atomic mass is 9.91. The summed E-state index contributed by atoms with van der Waals surface area (Å²) in [5, 5.41) is 8.80. The Balaban J connectivity index is 1.54. The van der Waals surface area contributed by atoms with Crippen molar-refractivity contribution in [3.8, 4) is 6.19 Å². The number of benzene rings is 1. The van der Waals surface area contributed by atoms with E-state index in [0.29, 0.717) is 12.5 Å². The second kappa shape index (κ2) is 5.38. The van der Waals surface area contributed by atoms with Crippen LogP contribution >= 0.6 is 0 Å². The number of amides is 1. The molecule has 0 radical (unpaired) electrons. The summed E-state index contributed by atoms with van der Waals surface area (Å²) in [5.74, 6) is 0.560. The monoisotopic (exact) mass is 267 g/mol. The van der Waals surface area contributed by atoms with Crippen LogP contribution in [0.5, 0.6) is 0 Å². The molecule has 0 saturated carbocycles. The molecule has 0 aliphatic carbocycles. The van der Waals surface area contributed by atoms with Crippen LogP contribution in [0.2, 0.25) is 0 Å². The van der Waals surface area contributed by atoms with Gasteiger partial charge in [0.15, 0.2) is 6.19 Å². The minimum Gasteiger partial charge on any atom is -0.338 e. The van der Waals surface area contributed by atoms with Crippen molar-refractivity contribution in [1.82, 2.24) is 9.80 Å². The molecule has 2 saturated heterocycles. The number of hydrogen-bond donors (Lipinski definition) is 0. The van der Waals surface area contributed by atoms with Crippen molar-refractivity contribution in [2.24, 2.45) is 0 Å². The molecule has 0 N–H and O–H groups in total. The van der Waals surface area contributed by atoms with Crippen molar-refractivity contribution in [2.45, 2.75) is 12.3 Å². The van der Waals surface area contributed by atoms with Crippen molar-refractivity contribution in [3.05, 3.63) is 47.5 Å². The van der Waals surface area contributed by atoms with Gasteiger partial charge in [-0.1, -0.05) is 30.3 Å². The highest BCUT2D eigenvalue weighted by Crippen LogP contribution is 2.27. The fraction of sp³-hybridized carbons (Fsp3) is 0.375. The molecule has 2 heterocycles. The summed E-state index contributed by atoms with van der Waals surface area (Å²) in [5.41, 5.74) is 2.38. The first-order chi connectivity index (χ1) is 9.76. The van der Waals surface area contributed by atoms with E-state index in [1.54, 1.807) is 11.0 Å². The van der Waals surface area contributed by atoms with E-state index >= 15 is 0 Å². The third kappa shape index (κ3) is 2.53. The molecule has 102 valence electrons. The third-order valence-electron chi connectivity index (χ3n) is 4.03. The molecule has 3 rings (SSSR count). The van der Waals surface area contributed by atoms with Crippen molar-refractivity contribution in [3.63, 3.8) is 0 Å². The summed E-state index contributed by atoms with van der Waals surface area (Å²) in [7, 11) is 0. The Labute approximate surface area is 118 Å². The first-order valence-electron chi connectivity index (χ1n) is 6.94. The Morgan fingerprint density at radius 1 is 1.30 bits per heavy atom. The van der Waals surface area contributed by atoms with E-state index in [4.69, 9.17) is 5.26 Å². The molecule has 0 atom stereocenters. The molecule has 4 heteroatoms. The van der Waals surface area contributed by atoms with E-state index < -0.39 is 0 Å². The summed E-state index contributed by atoms with van der Waals surface area (Å²) < 4.78 is 0. The van der Waals surface area contributed by atoms with Gasteiger partial charge in [-0.15, -0.1) is 0 Å². The van der Waals surface area contributed by atoms with Crippen molar-refractivity contribution < 1.29 is 4.79 Å². The number of hydrogen-bond acceptors (Lipinski definition) is 3. The van der Waals surface area contributed by atoms with Gasteiger partial charge < -0.3 is 9.80 Å². The summed E-state index contributed by atoms with van der Waals surface area (Å²) in [6.07, 6.45) is 4.67. The zero-order valence-electron chi connectivity index (χ0n) is 11.3. The molecule has 1 amide bonds. The summed E-state index contributed by atoms with van der Waals surface area (Å²) in [6.45, 7) is 2.95. The van der Waals surface area contributed by atoms with Gasteiger partial charge in [0, 0.05) is 38.2 Å². The topological polar surface area (TPSA) is 47.3 Å². The third-order valence-corrected chi connectivity index (χ3v) is 4.03. The molecule has 0 aromatic heterocycles. The molecule has 1 aromatic carbocycles. The molecule has 0 bridgehead atoms. The molecule has 2 aliphatic rings. The average Bonchev–Trinajstić information content (AvgIpc) is 2.86. The van der Waals surface area contributed by atoms with Gasteiger partial charge in [-0.05, 0) is 17.6 Å². The van der Waals surface area contributed by atoms with E-state index in [9.17, 15) is 4.79 Å². The van der Waals surface area contributed by atoms with Crippen LogP contribution in [0.15, 0.2) is 42.0 Å². The van der Waals surface area contributed by atoms with Crippen LogP contribution < -0.4 is 0 Å². The highest BCUT2D eigenvalue weighted by Gasteiger charge is 2.31. The Hall–Kier alpha value is -2.28. The minimum atomic E-state index is 0.0898. The van der Waals surface area contributed by atoms with E-state index in [1.165, 1.54) is 5.56 Å². The van der Waals surface area contributed by atoms with Gasteiger partial charge in [-0.2, -0.15) is 5.26 Å². The first kappa shape index (κ1) is 12.7. The summed E-state index contributed by atoms with van der Waals surface area (Å²) >= 11 is 0. The number of likely N-dealkylation sites (tertiary alicyclic amines) is 2. The van der Waals surface area contributed by atoms with Crippen LogP contribution in [0.3, 0.4) is 0 Å². The lowest BCUT2D eigenvalue weighted by molar-refractivity contribution is -0.130. The Morgan fingerprint density at radius 2 is 2.05 bits per heavy atom. The van der Waals surface area contributed by atoms with Gasteiger partial charge in [0.2, 0.25) is 5.91 Å². The fourth-order valence-electron chi connectivity index (χ4n) is 2.75. The normalized spacial score (nSPS) is 20.9. The SMILES string of the molecule is N#CN1CC/C(=C\C(=O)N2CC(c3ccccc3)C2)C1. The average molecular weight is 267 g/mol. The largest absolute Gasteiger partial charge is 0.338 e. The molecule has 4 nitrogen and oxygen atoms in total. The van der Waals surface area contributed by atoms with Crippen molar-refractivity contribution >= 4 is 5.91 Å². The van der Waals surface area contributed by atoms with E-state index in [0.717, 1.165) is 31.6 Å². The number of rotatable bonds is 2. The van der Waals surface area contributed by atoms with Crippen LogP contribution in [0, 0.1) is 11.5 Å². The molecule has 1 aromatic rings. The predicted octanol–water partition coefficient (Wildman–Crippen LogP) is 1.73. The van der Waals surface area contributed by atoms with E-state index in [2.05, 4.69) is 18.3 Å². The van der Waals surface area contributed by atoms with Crippen molar-refractivity contribution in [2.75, 3.05) is 26.2 Å². The summed E-state index contributed by atoms with van der Waals surface area (Å²) in [6, 6.07) is 10.3. The standard InChI is InChI=1S/C16H17N3O/c17-12-18-7-6-13(9-18)8-16(20)19-10-15(11-19)14-4-2-1-3-5-14/h1-5,8,15H,6-7,9-11H2/b13-8+. The molecule has 0 spiro atoms. The lowest BCUT2D eigenvalue weighted by Gasteiger charge is -2.39. The van der Waals surface area contributed by atoms with E-state index in [1.807, 2.05) is 23.1 Å². The van der Waals surface area contributed by atoms with Gasteiger partial charge in [0.1, 0.15) is 0 Å². The van der Waals surface area contributed by atoms with Crippen molar-refractivity contribution in [1.29, 1.82) is 5.26 Å². The molecular formula is C16H17N3O. The Kier molecular flexibility index (Phi) is 3.42. The van der Waals surface area contributed by atoms with Crippen LogP contribution in [0.4, 0.5) is 0 Å². The van der Waals surface area contributed by atoms with Gasteiger partial charge in [0.25, 0.3) is 0 Å². The maximum absolute atomic E-state index is 12.1. The molecule has 0 unspecified atom stereocenters. The van der Waals surface area contributed by atoms with Crippen LogP contribution in [0.25, 0.3) is 0 Å². The maximum atomic E-state index is 12.1. The molecule has 20 heavy (non-hydrogen) atoms. The minimum absolute atomic E-state index is 0.0898. The molecule has 2 aliphatic heterocycles. The van der Waals surface area contributed by atoms with Crippen LogP contribution in [0.1, 0.15) is 17.9 Å². The number of nitriles is 1. The van der Waals surface area contributed by atoms with Gasteiger partial charge in [-0.25, -0.2) is 0 Å². The zero-order valence-corrected chi connectivity index (χ0v) is 11.3.